The fourth-order valence-corrected chi connectivity index (χ4v) is 3.98. The van der Waals surface area contributed by atoms with Crippen LogP contribution in [0.15, 0.2) is 48.5 Å². The number of methoxy groups -OCH3 is 1. The Morgan fingerprint density at radius 1 is 1.06 bits per heavy atom. The lowest BCUT2D eigenvalue weighted by Gasteiger charge is -2.33. The minimum absolute atomic E-state index is 0.0547. The molecule has 3 N–H and O–H groups in total. The van der Waals surface area contributed by atoms with E-state index in [0.717, 1.165) is 11.1 Å². The number of carbonyl (C=O) groups excluding carboxylic acids is 3. The van der Waals surface area contributed by atoms with Crippen molar-refractivity contribution in [1.29, 1.82) is 0 Å². The molecule has 0 unspecified atom stereocenters. The third-order valence-electron chi connectivity index (χ3n) is 5.86. The number of nitrogens with zero attached hydrogens (tertiary/aromatic N) is 1. The van der Waals surface area contributed by atoms with Gasteiger partial charge in [0, 0.05) is 32.5 Å². The fraction of sp³-hybridized carbons (Fsp3) is 0.400. The molecule has 1 aliphatic heterocycles. The third kappa shape index (κ3) is 6.71. The van der Waals surface area contributed by atoms with Crippen molar-refractivity contribution in [3.05, 3.63) is 59.7 Å². The zero-order valence-electron chi connectivity index (χ0n) is 19.4. The van der Waals surface area contributed by atoms with Crippen LogP contribution in [0.2, 0.25) is 0 Å². The average molecular weight is 453 g/mol. The van der Waals surface area contributed by atoms with Gasteiger partial charge in [0.15, 0.2) is 0 Å². The number of hydrogen-bond acceptors (Lipinski definition) is 4. The van der Waals surface area contributed by atoms with Crippen LogP contribution in [-0.4, -0.2) is 55.0 Å². The maximum atomic E-state index is 13.0. The molecule has 0 aromatic heterocycles. The molecule has 1 saturated heterocycles. The Labute approximate surface area is 194 Å². The molecule has 4 amide bonds. The van der Waals surface area contributed by atoms with Gasteiger partial charge in [-0.05, 0) is 43.0 Å². The van der Waals surface area contributed by atoms with Gasteiger partial charge in [0.05, 0.1) is 12.8 Å². The summed E-state index contributed by atoms with van der Waals surface area (Å²) in [6.45, 7) is 4.45. The first-order chi connectivity index (χ1) is 15.9. The van der Waals surface area contributed by atoms with E-state index in [1.165, 1.54) is 6.92 Å². The highest BCUT2D eigenvalue weighted by Crippen LogP contribution is 2.24. The third-order valence-corrected chi connectivity index (χ3v) is 5.86. The normalized spacial score (nSPS) is 14.8. The van der Waals surface area contributed by atoms with Crippen LogP contribution in [0.3, 0.4) is 0 Å². The molecule has 2 aromatic rings. The number of aryl methyl sites for hydroxylation is 1. The molecular formula is C25H32N4O4. The predicted molar refractivity (Wildman–Crippen MR) is 127 cm³/mol. The van der Waals surface area contributed by atoms with Gasteiger partial charge >= 0.3 is 6.03 Å². The standard InChI is InChI=1S/C25H32N4O4/c1-17-8-4-5-9-19(17)16-22(26-18(2)30)24(31)27-20-12-14-29(15-13-20)25(32)28-21-10-6-7-11-23(21)33-3/h4-11,20,22H,12-16H2,1-3H3,(H,26,30)(H,27,31)(H,28,32)/t22-/m0/s1. The molecule has 8 heteroatoms. The molecule has 8 nitrogen and oxygen atoms in total. The highest BCUT2D eigenvalue weighted by Gasteiger charge is 2.27. The zero-order valence-corrected chi connectivity index (χ0v) is 19.4. The Bertz CT molecular complexity index is 986. The first kappa shape index (κ1) is 24.1. The number of hydrogen-bond donors (Lipinski definition) is 3. The second-order valence-corrected chi connectivity index (χ2v) is 8.28. The summed E-state index contributed by atoms with van der Waals surface area (Å²) >= 11 is 0. The molecule has 3 rings (SSSR count). The zero-order chi connectivity index (χ0) is 23.8. The molecule has 2 aromatic carbocycles. The molecule has 0 radical (unpaired) electrons. The molecule has 1 aliphatic rings. The maximum Gasteiger partial charge on any atom is 0.321 e. The number of nitrogens with one attached hydrogen (secondary N) is 3. The number of ether oxygens (including phenoxy) is 1. The lowest BCUT2D eigenvalue weighted by molar-refractivity contribution is -0.128. The smallest absolute Gasteiger partial charge is 0.321 e. The topological polar surface area (TPSA) is 99.8 Å². The first-order valence-electron chi connectivity index (χ1n) is 11.2. The van der Waals surface area contributed by atoms with Gasteiger partial charge in [-0.15, -0.1) is 0 Å². The van der Waals surface area contributed by atoms with Crippen LogP contribution in [0.25, 0.3) is 0 Å². The molecule has 1 fully saturated rings. The van der Waals surface area contributed by atoms with Crippen LogP contribution < -0.4 is 20.7 Å². The molecule has 0 aliphatic carbocycles. The first-order valence-corrected chi connectivity index (χ1v) is 11.2. The Hall–Kier alpha value is -3.55. The molecule has 0 bridgehead atoms. The van der Waals surface area contributed by atoms with E-state index < -0.39 is 6.04 Å². The Kier molecular flexibility index (Phi) is 8.29. The molecule has 0 saturated carbocycles. The van der Waals surface area contributed by atoms with E-state index in [9.17, 15) is 14.4 Å². The number of likely N-dealkylation sites (tertiary alicyclic amines) is 1. The molecule has 1 atom stereocenters. The summed E-state index contributed by atoms with van der Waals surface area (Å²) in [5, 5.41) is 8.72. The highest BCUT2D eigenvalue weighted by atomic mass is 16.5. The van der Waals surface area contributed by atoms with Gasteiger partial charge in [-0.2, -0.15) is 0 Å². The number of rotatable bonds is 7. The summed E-state index contributed by atoms with van der Waals surface area (Å²) in [6, 6.07) is 14.2. The van der Waals surface area contributed by atoms with Crippen LogP contribution in [0.5, 0.6) is 5.75 Å². The summed E-state index contributed by atoms with van der Waals surface area (Å²) < 4.78 is 5.28. The number of amides is 4. The van der Waals surface area contributed by atoms with Gasteiger partial charge in [0.25, 0.3) is 0 Å². The number of anilines is 1. The molecule has 33 heavy (non-hydrogen) atoms. The van der Waals surface area contributed by atoms with Gasteiger partial charge in [-0.25, -0.2) is 4.79 Å². The van der Waals surface area contributed by atoms with Crippen molar-refractivity contribution in [3.8, 4) is 5.75 Å². The van der Waals surface area contributed by atoms with Crippen LogP contribution in [0.4, 0.5) is 10.5 Å². The molecule has 0 spiro atoms. The fourth-order valence-electron chi connectivity index (χ4n) is 3.98. The van der Waals surface area contributed by atoms with E-state index in [1.54, 1.807) is 24.1 Å². The van der Waals surface area contributed by atoms with Crippen LogP contribution in [0, 0.1) is 6.92 Å². The van der Waals surface area contributed by atoms with E-state index in [4.69, 9.17) is 4.74 Å². The quantitative estimate of drug-likeness (QED) is 0.601. The maximum absolute atomic E-state index is 13.0. The average Bonchev–Trinajstić information content (AvgIpc) is 2.80. The summed E-state index contributed by atoms with van der Waals surface area (Å²) in [5.74, 6) is 0.155. The monoisotopic (exact) mass is 452 g/mol. The summed E-state index contributed by atoms with van der Waals surface area (Å²) in [7, 11) is 1.56. The highest BCUT2D eigenvalue weighted by molar-refractivity contribution is 5.91. The van der Waals surface area contributed by atoms with E-state index in [-0.39, 0.29) is 23.9 Å². The molecular weight excluding hydrogens is 420 g/mol. The number of benzene rings is 2. The van der Waals surface area contributed by atoms with Crippen molar-refractivity contribution in [2.45, 2.75) is 45.2 Å². The number of piperidine rings is 1. The molecule has 1 heterocycles. The van der Waals surface area contributed by atoms with Crippen LogP contribution in [0.1, 0.15) is 30.9 Å². The summed E-state index contributed by atoms with van der Waals surface area (Å²) in [4.78, 5) is 39.0. The molecule has 176 valence electrons. The van der Waals surface area contributed by atoms with Gasteiger partial charge in [-0.1, -0.05) is 36.4 Å². The van der Waals surface area contributed by atoms with Crippen molar-refractivity contribution in [2.75, 3.05) is 25.5 Å². The Morgan fingerprint density at radius 3 is 2.39 bits per heavy atom. The Morgan fingerprint density at radius 2 is 1.73 bits per heavy atom. The van der Waals surface area contributed by atoms with Crippen molar-refractivity contribution in [2.24, 2.45) is 0 Å². The number of carbonyl (C=O) groups is 3. The van der Waals surface area contributed by atoms with E-state index in [1.807, 2.05) is 43.3 Å². The van der Waals surface area contributed by atoms with E-state index in [2.05, 4.69) is 16.0 Å². The van der Waals surface area contributed by atoms with Gasteiger partial charge in [-0.3, -0.25) is 9.59 Å². The number of urea groups is 1. The summed E-state index contributed by atoms with van der Waals surface area (Å²) in [6.07, 6.45) is 1.71. The summed E-state index contributed by atoms with van der Waals surface area (Å²) in [5.41, 5.74) is 2.72. The van der Waals surface area contributed by atoms with Crippen molar-refractivity contribution < 1.29 is 19.1 Å². The second kappa shape index (κ2) is 11.4. The van der Waals surface area contributed by atoms with Crippen LogP contribution in [-0.2, 0) is 16.0 Å². The lowest BCUT2D eigenvalue weighted by Crippen LogP contribution is -2.53. The van der Waals surface area contributed by atoms with Gasteiger partial charge < -0.3 is 25.6 Å². The van der Waals surface area contributed by atoms with Crippen molar-refractivity contribution in [1.82, 2.24) is 15.5 Å². The van der Waals surface area contributed by atoms with Crippen molar-refractivity contribution >= 4 is 23.5 Å². The van der Waals surface area contributed by atoms with Crippen molar-refractivity contribution in [3.63, 3.8) is 0 Å². The SMILES string of the molecule is COc1ccccc1NC(=O)N1CCC(NC(=O)[C@H](Cc2ccccc2C)NC(C)=O)CC1. The van der Waals surface area contributed by atoms with Gasteiger partial charge in [0.2, 0.25) is 11.8 Å². The van der Waals surface area contributed by atoms with E-state index >= 15 is 0 Å². The number of para-hydroxylation sites is 2. The van der Waals surface area contributed by atoms with Gasteiger partial charge in [0.1, 0.15) is 11.8 Å². The Balaban J connectivity index is 1.54. The second-order valence-electron chi connectivity index (χ2n) is 8.28. The predicted octanol–water partition coefficient (Wildman–Crippen LogP) is 2.86. The largest absolute Gasteiger partial charge is 0.495 e. The minimum Gasteiger partial charge on any atom is -0.495 e. The lowest BCUT2D eigenvalue weighted by atomic mass is 9.99. The minimum atomic E-state index is -0.643. The van der Waals surface area contributed by atoms with E-state index in [0.29, 0.717) is 43.8 Å². The van der Waals surface area contributed by atoms with Crippen LogP contribution >= 0.6 is 0 Å².